The van der Waals surface area contributed by atoms with E-state index in [2.05, 4.69) is 4.98 Å². The molecule has 1 aromatic carbocycles. The van der Waals surface area contributed by atoms with Gasteiger partial charge in [0.15, 0.2) is 5.78 Å². The average molecular weight is 413 g/mol. The summed E-state index contributed by atoms with van der Waals surface area (Å²) in [6.45, 7) is 1.10. The van der Waals surface area contributed by atoms with Crippen LogP contribution in [0.25, 0.3) is 11.7 Å². The molecule has 0 amide bonds. The van der Waals surface area contributed by atoms with Crippen LogP contribution < -0.4 is 16.0 Å². The smallest absolute Gasteiger partial charge is 0.238 e. The summed E-state index contributed by atoms with van der Waals surface area (Å²) in [5, 5.41) is -1.10. The molecule has 1 atom stereocenters. The molecule has 142 valence electrons. The van der Waals surface area contributed by atoms with E-state index in [1.807, 2.05) is 0 Å². The molecule has 0 saturated carbocycles. The Morgan fingerprint density at radius 3 is 2.44 bits per heavy atom. The van der Waals surface area contributed by atoms with Gasteiger partial charge in [-0.3, -0.25) is 9.59 Å². The molecule has 4 nitrogen and oxygen atoms in total. The fourth-order valence-corrected chi connectivity index (χ4v) is 4.42. The molecule has 0 radical (unpaired) electrons. The zero-order valence-electron chi connectivity index (χ0n) is 14.1. The van der Waals surface area contributed by atoms with Gasteiger partial charge in [0, 0.05) is 34.5 Å². The number of hydrogen-bond donors (Lipinski definition) is 1. The van der Waals surface area contributed by atoms with Crippen molar-refractivity contribution in [2.75, 3.05) is 0 Å². The maximum Gasteiger partial charge on any atom is 0.238 e. The minimum atomic E-state index is -1.90. The van der Waals surface area contributed by atoms with E-state index in [0.29, 0.717) is 10.5 Å². The molecule has 0 saturated heterocycles. The van der Waals surface area contributed by atoms with E-state index < -0.39 is 44.8 Å². The van der Waals surface area contributed by atoms with Crippen molar-refractivity contribution in [1.82, 2.24) is 4.98 Å². The molecule has 0 aliphatic heterocycles. The second-order valence-corrected chi connectivity index (χ2v) is 8.00. The van der Waals surface area contributed by atoms with Crippen molar-refractivity contribution in [1.29, 1.82) is 0 Å². The normalized spacial score (nSPS) is 14.9. The fourth-order valence-electron chi connectivity index (χ4n) is 2.86. The standard InChI is InChI=1S/C18H14F3NO3S2/c1-9(23)14-17(24)15-12(19)6-7-13(20)16(15)22-18(14)27(25)8-10-2-4-11(26-21)5-3-10/h2-5,22H,6-8H2,1H3. The van der Waals surface area contributed by atoms with E-state index >= 15 is 0 Å². The van der Waals surface area contributed by atoms with E-state index in [0.717, 1.165) is 6.92 Å². The zero-order valence-corrected chi connectivity index (χ0v) is 15.7. The maximum absolute atomic E-state index is 14.2. The van der Waals surface area contributed by atoms with E-state index in [-0.39, 0.29) is 41.1 Å². The molecule has 9 heteroatoms. The average Bonchev–Trinajstić information content (AvgIpc) is 2.64. The quantitative estimate of drug-likeness (QED) is 0.604. The molecule has 0 spiro atoms. The third kappa shape index (κ3) is 3.85. The number of ketones is 1. The Bertz CT molecular complexity index is 1080. The number of nitrogens with one attached hydrogen (secondary N) is 1. The molecule has 2 aromatic rings. The summed E-state index contributed by atoms with van der Waals surface area (Å²) in [5.41, 5.74) is -0.828. The first kappa shape index (κ1) is 19.8. The highest BCUT2D eigenvalue weighted by Gasteiger charge is 2.27. The van der Waals surface area contributed by atoms with Gasteiger partial charge in [0.25, 0.3) is 0 Å². The van der Waals surface area contributed by atoms with Gasteiger partial charge < -0.3 is 9.54 Å². The van der Waals surface area contributed by atoms with Crippen LogP contribution in [0.15, 0.2) is 39.0 Å². The molecule has 0 bridgehead atoms. The fraction of sp³-hybridized carbons (Fsp3) is 0.222. The molecule has 3 rings (SSSR count). The van der Waals surface area contributed by atoms with Crippen molar-refractivity contribution in [2.45, 2.75) is 35.4 Å². The number of aromatic amines is 1. The summed E-state index contributed by atoms with van der Waals surface area (Å²) in [5.74, 6) is -2.29. The highest BCUT2D eigenvalue weighted by molar-refractivity contribution is 7.94. The van der Waals surface area contributed by atoms with Gasteiger partial charge in [-0.25, -0.2) is 8.78 Å². The van der Waals surface area contributed by atoms with Crippen molar-refractivity contribution in [3.8, 4) is 0 Å². The van der Waals surface area contributed by atoms with Crippen molar-refractivity contribution in [3.05, 3.63) is 56.2 Å². The van der Waals surface area contributed by atoms with E-state index in [1.54, 1.807) is 12.1 Å². The minimum Gasteiger partial charge on any atom is -0.610 e. The first-order valence-corrected chi connectivity index (χ1v) is 9.97. The lowest BCUT2D eigenvalue weighted by Gasteiger charge is -2.15. The Hall–Kier alpha value is -1.97. The van der Waals surface area contributed by atoms with Gasteiger partial charge in [0.1, 0.15) is 23.0 Å². The molecular formula is C18H14F3NO3S2. The lowest BCUT2D eigenvalue weighted by Crippen LogP contribution is -2.48. The monoisotopic (exact) mass is 413 g/mol. The first-order valence-electron chi connectivity index (χ1n) is 7.94. The number of carbonyl (C=O) groups excluding carboxylic acids is 1. The molecule has 27 heavy (non-hydrogen) atoms. The maximum atomic E-state index is 14.2. The first-order chi connectivity index (χ1) is 12.8. The Morgan fingerprint density at radius 1 is 1.22 bits per heavy atom. The van der Waals surface area contributed by atoms with Gasteiger partial charge in [-0.2, -0.15) is 3.89 Å². The number of pyridine rings is 1. The summed E-state index contributed by atoms with van der Waals surface area (Å²) in [6, 6.07) is 6.11. The third-order valence-electron chi connectivity index (χ3n) is 4.17. The van der Waals surface area contributed by atoms with Gasteiger partial charge in [-0.1, -0.05) is 12.1 Å². The number of halogens is 3. The summed E-state index contributed by atoms with van der Waals surface area (Å²) >= 11 is -1.83. The van der Waals surface area contributed by atoms with Crippen LogP contribution in [-0.4, -0.2) is 15.3 Å². The minimum absolute atomic E-state index is 0.0667. The topological polar surface area (TPSA) is 73.0 Å². The number of aromatic nitrogens is 1. The SMILES string of the molecule is CC(=O)c1c([S+]([O-])Cc2ccc(SF)cc2)[nH]c2c(c1=O)=C(F)CCC=2F. The predicted octanol–water partition coefficient (Wildman–Crippen LogP) is 2.81. The highest BCUT2D eigenvalue weighted by Crippen LogP contribution is 2.22. The summed E-state index contributed by atoms with van der Waals surface area (Å²) < 4.78 is 53.6. The van der Waals surface area contributed by atoms with Crippen LogP contribution in [0.5, 0.6) is 0 Å². The van der Waals surface area contributed by atoms with Gasteiger partial charge in [0.2, 0.25) is 10.5 Å². The van der Waals surface area contributed by atoms with Gasteiger partial charge >= 0.3 is 0 Å². The van der Waals surface area contributed by atoms with Crippen LogP contribution >= 0.6 is 12.1 Å². The Kier molecular flexibility index (Phi) is 5.83. The summed E-state index contributed by atoms with van der Waals surface area (Å²) in [6.07, 6.45) is -0.483. The second-order valence-electron chi connectivity index (χ2n) is 5.99. The van der Waals surface area contributed by atoms with Crippen LogP contribution in [0.1, 0.15) is 35.7 Å². The Balaban J connectivity index is 2.14. The summed E-state index contributed by atoms with van der Waals surface area (Å²) in [4.78, 5) is 27.5. The number of rotatable bonds is 5. The zero-order chi connectivity index (χ0) is 19.7. The molecule has 0 fully saturated rings. The molecule has 1 aliphatic carbocycles. The van der Waals surface area contributed by atoms with Crippen LogP contribution in [0.3, 0.4) is 0 Å². The largest absolute Gasteiger partial charge is 0.610 e. The number of carbonyl (C=O) groups is 1. The number of Topliss-reactive ketones (excluding diaryl/α,β-unsaturated/α-hetero) is 1. The Labute approximate surface area is 159 Å². The second kappa shape index (κ2) is 7.95. The molecular weight excluding hydrogens is 399 g/mol. The molecule has 1 N–H and O–H groups in total. The number of fused-ring (bicyclic) bond motifs is 1. The van der Waals surface area contributed by atoms with Gasteiger partial charge in [-0.15, -0.1) is 0 Å². The summed E-state index contributed by atoms with van der Waals surface area (Å²) in [7, 11) is 0. The van der Waals surface area contributed by atoms with Crippen LogP contribution in [0.2, 0.25) is 0 Å². The predicted molar refractivity (Wildman–Crippen MR) is 98.1 cm³/mol. The number of benzene rings is 1. The van der Waals surface area contributed by atoms with Gasteiger partial charge in [0.05, 0.1) is 22.7 Å². The lowest BCUT2D eigenvalue weighted by atomic mass is 10.1. The van der Waals surface area contributed by atoms with Crippen LogP contribution in [0.4, 0.5) is 12.7 Å². The van der Waals surface area contributed by atoms with Crippen molar-refractivity contribution in [3.63, 3.8) is 0 Å². The molecule has 1 unspecified atom stereocenters. The van der Waals surface area contributed by atoms with Crippen LogP contribution in [-0.2, 0) is 16.9 Å². The molecule has 1 heterocycles. The number of hydrogen-bond acceptors (Lipinski definition) is 4. The third-order valence-corrected chi connectivity index (χ3v) is 5.97. The highest BCUT2D eigenvalue weighted by atomic mass is 32.2. The number of H-pyrrole nitrogens is 1. The van der Waals surface area contributed by atoms with Crippen molar-refractivity contribution < 1.29 is 22.0 Å². The van der Waals surface area contributed by atoms with E-state index in [1.165, 1.54) is 12.1 Å². The van der Waals surface area contributed by atoms with Crippen molar-refractivity contribution in [2.24, 2.45) is 0 Å². The molecule has 1 aromatic heterocycles. The Morgan fingerprint density at radius 2 is 1.85 bits per heavy atom. The van der Waals surface area contributed by atoms with E-state index in [4.69, 9.17) is 0 Å². The van der Waals surface area contributed by atoms with Gasteiger partial charge in [-0.05, 0) is 19.1 Å². The van der Waals surface area contributed by atoms with Crippen molar-refractivity contribution >= 4 is 40.8 Å². The lowest BCUT2D eigenvalue weighted by molar-refractivity contribution is 0.101. The molecule has 1 aliphatic rings. The van der Waals surface area contributed by atoms with Crippen LogP contribution in [0, 0.1) is 0 Å². The van der Waals surface area contributed by atoms with E-state index in [9.17, 15) is 26.8 Å².